The number of rotatable bonds is 7. The van der Waals surface area contributed by atoms with Gasteiger partial charge in [-0.25, -0.2) is 13.6 Å². The summed E-state index contributed by atoms with van der Waals surface area (Å²) in [6, 6.07) is 7.38. The molecule has 0 aliphatic carbocycles. The molecule has 0 heterocycles. The lowest BCUT2D eigenvalue weighted by molar-refractivity contribution is -0.393. The van der Waals surface area contributed by atoms with Gasteiger partial charge in [0.15, 0.2) is 5.02 Å². The molecule has 13 heteroatoms. The molecule has 2 rings (SSSR count). The Morgan fingerprint density at radius 1 is 1.07 bits per heavy atom. The van der Waals surface area contributed by atoms with Crippen molar-refractivity contribution in [3.8, 4) is 0 Å². The van der Waals surface area contributed by atoms with Crippen LogP contribution in [0.15, 0.2) is 41.3 Å². The number of halogens is 1. The van der Waals surface area contributed by atoms with E-state index in [1.165, 1.54) is 24.3 Å². The zero-order valence-electron chi connectivity index (χ0n) is 14.0. The van der Waals surface area contributed by atoms with Gasteiger partial charge in [-0.2, -0.15) is 0 Å². The van der Waals surface area contributed by atoms with Crippen LogP contribution in [0.25, 0.3) is 0 Å². The molecule has 0 spiro atoms. The maximum Gasteiger partial charge on any atom is 0.295 e. The van der Waals surface area contributed by atoms with Crippen LogP contribution >= 0.6 is 11.6 Å². The number of carbonyl (C=O) groups excluding carboxylic acids is 1. The first-order valence-corrected chi connectivity index (χ1v) is 9.45. The standard InChI is InChI=1S/C15H13ClN4O7S/c16-14-12(19(22)23)7-10(8-13(14)20(24)25)15(21)18-6-5-9-1-3-11(4-2-9)28(17,26)27/h1-4,7-8H,5-6H2,(H,18,21)(H2,17,26,27). The van der Waals surface area contributed by atoms with Crippen LogP contribution in [0.1, 0.15) is 15.9 Å². The summed E-state index contributed by atoms with van der Waals surface area (Å²) in [6.45, 7) is 0.0950. The molecule has 0 aliphatic rings. The summed E-state index contributed by atoms with van der Waals surface area (Å²) >= 11 is 5.64. The first kappa shape index (κ1) is 21.2. The minimum Gasteiger partial charge on any atom is -0.352 e. The third-order valence-electron chi connectivity index (χ3n) is 3.64. The number of nitrogens with two attached hydrogens (primary N) is 1. The van der Waals surface area contributed by atoms with Gasteiger partial charge >= 0.3 is 0 Å². The molecule has 0 unspecified atom stereocenters. The Kier molecular flexibility index (Phi) is 6.28. The molecular weight excluding hydrogens is 416 g/mol. The number of primary sulfonamides is 1. The summed E-state index contributed by atoms with van der Waals surface area (Å²) in [4.78, 5) is 32.3. The van der Waals surface area contributed by atoms with Crippen molar-refractivity contribution < 1.29 is 23.1 Å². The third-order valence-corrected chi connectivity index (χ3v) is 4.96. The van der Waals surface area contributed by atoms with Crippen LogP contribution in [0, 0.1) is 20.2 Å². The summed E-state index contributed by atoms with van der Waals surface area (Å²) in [5, 5.41) is 28.8. The van der Waals surface area contributed by atoms with Crippen molar-refractivity contribution in [3.05, 3.63) is 72.8 Å². The number of carbonyl (C=O) groups is 1. The number of hydrogen-bond donors (Lipinski definition) is 2. The van der Waals surface area contributed by atoms with Crippen LogP contribution in [-0.4, -0.2) is 30.7 Å². The summed E-state index contributed by atoms with van der Waals surface area (Å²) in [6.07, 6.45) is 0.314. The molecule has 11 nitrogen and oxygen atoms in total. The van der Waals surface area contributed by atoms with E-state index in [0.717, 1.165) is 12.1 Å². The maximum absolute atomic E-state index is 12.2. The van der Waals surface area contributed by atoms with Crippen molar-refractivity contribution in [2.45, 2.75) is 11.3 Å². The average Bonchev–Trinajstić information content (AvgIpc) is 2.61. The molecule has 148 valence electrons. The van der Waals surface area contributed by atoms with Crippen LogP contribution in [0.4, 0.5) is 11.4 Å². The molecular formula is C15H13ClN4O7S. The minimum absolute atomic E-state index is 0.0546. The lowest BCUT2D eigenvalue weighted by atomic mass is 10.1. The van der Waals surface area contributed by atoms with Crippen LogP contribution < -0.4 is 10.5 Å². The smallest absolute Gasteiger partial charge is 0.295 e. The van der Waals surface area contributed by atoms with Gasteiger partial charge < -0.3 is 5.32 Å². The number of benzene rings is 2. The molecule has 3 N–H and O–H groups in total. The van der Waals surface area contributed by atoms with Crippen molar-refractivity contribution in [3.63, 3.8) is 0 Å². The van der Waals surface area contributed by atoms with Gasteiger partial charge in [0.1, 0.15) is 0 Å². The van der Waals surface area contributed by atoms with E-state index in [0.29, 0.717) is 12.0 Å². The Hall–Kier alpha value is -3.09. The first-order valence-electron chi connectivity index (χ1n) is 7.53. The fourth-order valence-corrected chi connectivity index (χ4v) is 3.02. The topological polar surface area (TPSA) is 176 Å². The molecule has 0 bridgehead atoms. The Balaban J connectivity index is 2.11. The Bertz CT molecular complexity index is 1020. The molecule has 28 heavy (non-hydrogen) atoms. The second-order valence-corrected chi connectivity index (χ2v) is 7.48. The Morgan fingerprint density at radius 2 is 1.57 bits per heavy atom. The van der Waals surface area contributed by atoms with Crippen molar-refractivity contribution in [1.29, 1.82) is 0 Å². The van der Waals surface area contributed by atoms with Gasteiger partial charge in [0.2, 0.25) is 10.0 Å². The van der Waals surface area contributed by atoms with E-state index in [1.807, 2.05) is 0 Å². The number of amides is 1. The highest BCUT2D eigenvalue weighted by atomic mass is 35.5. The fraction of sp³-hybridized carbons (Fsp3) is 0.133. The molecule has 0 saturated heterocycles. The number of sulfonamides is 1. The second-order valence-electron chi connectivity index (χ2n) is 5.54. The van der Waals surface area contributed by atoms with Gasteiger partial charge in [0.25, 0.3) is 17.3 Å². The van der Waals surface area contributed by atoms with E-state index in [1.54, 1.807) is 0 Å². The van der Waals surface area contributed by atoms with Gasteiger partial charge in [-0.15, -0.1) is 0 Å². The molecule has 2 aromatic rings. The molecule has 0 aromatic heterocycles. The summed E-state index contributed by atoms with van der Waals surface area (Å²) < 4.78 is 22.4. The van der Waals surface area contributed by atoms with Crippen LogP contribution in [-0.2, 0) is 16.4 Å². The Morgan fingerprint density at radius 3 is 2.00 bits per heavy atom. The van der Waals surface area contributed by atoms with Gasteiger partial charge in [-0.05, 0) is 24.1 Å². The summed E-state index contributed by atoms with van der Waals surface area (Å²) in [5.74, 6) is -0.760. The normalized spacial score (nSPS) is 11.1. The summed E-state index contributed by atoms with van der Waals surface area (Å²) in [5.41, 5.74) is -1.09. The van der Waals surface area contributed by atoms with E-state index >= 15 is 0 Å². The van der Waals surface area contributed by atoms with Gasteiger partial charge in [0.05, 0.1) is 20.3 Å². The molecule has 2 aromatic carbocycles. The molecule has 1 amide bonds. The quantitative estimate of drug-likeness (QED) is 0.498. The van der Waals surface area contributed by atoms with Crippen LogP contribution in [0.5, 0.6) is 0 Å². The molecule has 0 fully saturated rings. The lowest BCUT2D eigenvalue weighted by Gasteiger charge is -2.07. The monoisotopic (exact) mass is 428 g/mol. The summed E-state index contributed by atoms with van der Waals surface area (Å²) in [7, 11) is -3.81. The predicted octanol–water partition coefficient (Wildman–Crippen LogP) is 1.78. The Labute approximate surface area is 163 Å². The minimum atomic E-state index is -3.81. The SMILES string of the molecule is NS(=O)(=O)c1ccc(CCNC(=O)c2cc([N+](=O)[O-])c(Cl)c([N+](=O)[O-])c2)cc1. The third kappa shape index (κ3) is 5.00. The highest BCUT2D eigenvalue weighted by Gasteiger charge is 2.27. The number of nitrogens with one attached hydrogen (secondary N) is 1. The number of hydrogen-bond acceptors (Lipinski definition) is 7. The van der Waals surface area contributed by atoms with Crippen molar-refractivity contribution in [2.75, 3.05) is 6.54 Å². The average molecular weight is 429 g/mol. The predicted molar refractivity (Wildman–Crippen MR) is 98.6 cm³/mol. The van der Waals surface area contributed by atoms with Gasteiger partial charge in [-0.3, -0.25) is 25.0 Å². The molecule has 0 atom stereocenters. The van der Waals surface area contributed by atoms with Gasteiger partial charge in [0, 0.05) is 18.7 Å². The lowest BCUT2D eigenvalue weighted by Crippen LogP contribution is -2.26. The maximum atomic E-state index is 12.2. The van der Waals surface area contributed by atoms with Crippen molar-refractivity contribution in [2.24, 2.45) is 5.14 Å². The van der Waals surface area contributed by atoms with Gasteiger partial charge in [-0.1, -0.05) is 23.7 Å². The van der Waals surface area contributed by atoms with E-state index in [4.69, 9.17) is 16.7 Å². The van der Waals surface area contributed by atoms with Crippen molar-refractivity contribution >= 4 is 38.9 Å². The molecule has 0 radical (unpaired) electrons. The van der Waals surface area contributed by atoms with Crippen LogP contribution in [0.3, 0.4) is 0 Å². The first-order chi connectivity index (χ1) is 13.0. The largest absolute Gasteiger partial charge is 0.352 e. The molecule has 0 aliphatic heterocycles. The second kappa shape index (κ2) is 8.29. The highest BCUT2D eigenvalue weighted by molar-refractivity contribution is 7.89. The number of nitro benzene ring substituents is 2. The zero-order valence-corrected chi connectivity index (χ0v) is 15.6. The highest BCUT2D eigenvalue weighted by Crippen LogP contribution is 2.34. The zero-order chi connectivity index (χ0) is 21.1. The van der Waals surface area contributed by atoms with Crippen LogP contribution in [0.2, 0.25) is 5.02 Å². The fourth-order valence-electron chi connectivity index (χ4n) is 2.26. The van der Waals surface area contributed by atoms with E-state index in [9.17, 15) is 33.4 Å². The van der Waals surface area contributed by atoms with E-state index < -0.39 is 42.2 Å². The van der Waals surface area contributed by atoms with E-state index in [-0.39, 0.29) is 17.0 Å². The van der Waals surface area contributed by atoms with E-state index in [2.05, 4.69) is 5.32 Å². The number of nitro groups is 2. The number of nitrogens with zero attached hydrogens (tertiary/aromatic N) is 2. The molecule has 0 saturated carbocycles. The van der Waals surface area contributed by atoms with Crippen molar-refractivity contribution in [1.82, 2.24) is 5.32 Å².